The molecule has 0 aliphatic carbocycles. The quantitative estimate of drug-likeness (QED) is 0.652. The van der Waals surface area contributed by atoms with E-state index in [0.717, 1.165) is 13.0 Å². The summed E-state index contributed by atoms with van der Waals surface area (Å²) in [5.74, 6) is 0. The predicted octanol–water partition coefficient (Wildman–Crippen LogP) is 0.356. The molecule has 0 aromatic rings. The van der Waals surface area contributed by atoms with Crippen LogP contribution < -0.4 is 0 Å². The van der Waals surface area contributed by atoms with Gasteiger partial charge in [-0.25, -0.2) is 0 Å². The van der Waals surface area contributed by atoms with Crippen LogP contribution in [0.25, 0.3) is 0 Å². The van der Waals surface area contributed by atoms with Gasteiger partial charge in [0.2, 0.25) is 0 Å². The second-order valence-electron chi connectivity index (χ2n) is 4.28. The third-order valence-corrected chi connectivity index (χ3v) is 3.53. The summed E-state index contributed by atoms with van der Waals surface area (Å²) < 4.78 is 0. The van der Waals surface area contributed by atoms with Gasteiger partial charge >= 0.3 is 0 Å². The number of fused-ring (bicyclic) bond motifs is 1. The molecule has 2 N–H and O–H groups in total. The Morgan fingerprint density at radius 1 is 1.23 bits per heavy atom. The van der Waals surface area contributed by atoms with Crippen LogP contribution in [0.2, 0.25) is 0 Å². The monoisotopic (exact) mass is 185 g/mol. The van der Waals surface area contributed by atoms with Gasteiger partial charge in [0.25, 0.3) is 0 Å². The van der Waals surface area contributed by atoms with Crippen LogP contribution in [-0.2, 0) is 0 Å². The zero-order valence-electron chi connectivity index (χ0n) is 8.02. The van der Waals surface area contributed by atoms with Crippen molar-refractivity contribution >= 4 is 0 Å². The number of nitrogens with zero attached hydrogens (tertiary/aromatic N) is 1. The molecule has 2 heterocycles. The molecule has 76 valence electrons. The van der Waals surface area contributed by atoms with Gasteiger partial charge < -0.3 is 10.2 Å². The first-order valence-corrected chi connectivity index (χ1v) is 5.37. The number of piperidine rings is 1. The zero-order valence-corrected chi connectivity index (χ0v) is 8.02. The fraction of sp³-hybridized carbons (Fsp3) is 1.00. The molecule has 0 saturated carbocycles. The molecule has 2 fully saturated rings. The smallest absolute Gasteiger partial charge is 0.0925 e. The first-order valence-electron chi connectivity index (χ1n) is 5.37. The zero-order chi connectivity index (χ0) is 9.26. The molecule has 3 atom stereocenters. The van der Waals surface area contributed by atoms with Crippen molar-refractivity contribution < 1.29 is 10.2 Å². The first kappa shape index (κ1) is 9.44. The third-order valence-electron chi connectivity index (χ3n) is 3.53. The van der Waals surface area contributed by atoms with E-state index < -0.39 is 6.10 Å². The Morgan fingerprint density at radius 2 is 2.08 bits per heavy atom. The molecule has 0 amide bonds. The van der Waals surface area contributed by atoms with E-state index in [1.807, 2.05) is 0 Å². The second-order valence-corrected chi connectivity index (χ2v) is 4.28. The normalized spacial score (nSPS) is 37.4. The van der Waals surface area contributed by atoms with Crippen LogP contribution in [0.5, 0.6) is 0 Å². The van der Waals surface area contributed by atoms with E-state index in [2.05, 4.69) is 4.90 Å². The van der Waals surface area contributed by atoms with E-state index in [0.29, 0.717) is 6.04 Å². The SMILES string of the molecule is OCC(O)C1CCC2CCCCN21. The summed E-state index contributed by atoms with van der Waals surface area (Å²) in [6.45, 7) is 1.03. The van der Waals surface area contributed by atoms with Gasteiger partial charge in [0, 0.05) is 12.1 Å². The van der Waals surface area contributed by atoms with E-state index in [1.54, 1.807) is 0 Å². The van der Waals surface area contributed by atoms with Gasteiger partial charge in [0.15, 0.2) is 0 Å². The van der Waals surface area contributed by atoms with Crippen LogP contribution >= 0.6 is 0 Å². The minimum Gasteiger partial charge on any atom is -0.394 e. The number of hydrogen-bond acceptors (Lipinski definition) is 3. The molecule has 0 aromatic carbocycles. The van der Waals surface area contributed by atoms with Crippen molar-refractivity contribution in [2.24, 2.45) is 0 Å². The van der Waals surface area contributed by atoms with E-state index >= 15 is 0 Å². The number of aliphatic hydroxyl groups is 2. The fourth-order valence-corrected chi connectivity index (χ4v) is 2.83. The molecule has 0 aromatic heterocycles. The standard InChI is InChI=1S/C10H19NO2/c12-7-10(13)9-5-4-8-3-1-2-6-11(8)9/h8-10,12-13H,1-7H2. The summed E-state index contributed by atoms with van der Waals surface area (Å²) >= 11 is 0. The summed E-state index contributed by atoms with van der Waals surface area (Å²) in [4.78, 5) is 2.41. The minimum atomic E-state index is -0.525. The molecular formula is C10H19NO2. The van der Waals surface area contributed by atoms with Gasteiger partial charge in [0.1, 0.15) is 0 Å². The van der Waals surface area contributed by atoms with E-state index in [4.69, 9.17) is 5.11 Å². The van der Waals surface area contributed by atoms with Crippen LogP contribution in [0.1, 0.15) is 32.1 Å². The highest BCUT2D eigenvalue weighted by Crippen LogP contribution is 2.32. The lowest BCUT2D eigenvalue weighted by Crippen LogP contribution is -2.46. The minimum absolute atomic E-state index is 0.0894. The number of rotatable bonds is 2. The van der Waals surface area contributed by atoms with Crippen molar-refractivity contribution in [2.75, 3.05) is 13.2 Å². The number of aliphatic hydroxyl groups excluding tert-OH is 2. The Bertz CT molecular complexity index is 174. The van der Waals surface area contributed by atoms with Crippen molar-refractivity contribution in [3.05, 3.63) is 0 Å². The van der Waals surface area contributed by atoms with Crippen molar-refractivity contribution in [1.82, 2.24) is 4.90 Å². The largest absolute Gasteiger partial charge is 0.394 e. The maximum atomic E-state index is 9.60. The van der Waals surface area contributed by atoms with E-state index in [1.165, 1.54) is 25.7 Å². The summed E-state index contributed by atoms with van der Waals surface area (Å²) in [6.07, 6.45) is 5.62. The first-order chi connectivity index (χ1) is 6.33. The fourth-order valence-electron chi connectivity index (χ4n) is 2.83. The van der Waals surface area contributed by atoms with E-state index in [-0.39, 0.29) is 12.6 Å². The molecule has 0 bridgehead atoms. The van der Waals surface area contributed by atoms with Crippen LogP contribution in [0.3, 0.4) is 0 Å². The Morgan fingerprint density at radius 3 is 2.85 bits per heavy atom. The molecule has 2 aliphatic rings. The average molecular weight is 185 g/mol. The third kappa shape index (κ3) is 1.73. The Labute approximate surface area is 79.4 Å². The molecule has 2 rings (SSSR count). The van der Waals surface area contributed by atoms with E-state index in [9.17, 15) is 5.11 Å². The topological polar surface area (TPSA) is 43.7 Å². The lowest BCUT2D eigenvalue weighted by molar-refractivity contribution is 0.00960. The second kappa shape index (κ2) is 3.95. The Kier molecular flexibility index (Phi) is 2.86. The summed E-state index contributed by atoms with van der Waals surface area (Å²) in [6, 6.07) is 0.926. The molecule has 0 radical (unpaired) electrons. The van der Waals surface area contributed by atoms with Crippen LogP contribution in [0.4, 0.5) is 0 Å². The van der Waals surface area contributed by atoms with Crippen molar-refractivity contribution in [3.63, 3.8) is 0 Å². The molecule has 3 heteroatoms. The van der Waals surface area contributed by atoms with Crippen molar-refractivity contribution in [2.45, 2.75) is 50.3 Å². The van der Waals surface area contributed by atoms with Gasteiger partial charge in [-0.2, -0.15) is 0 Å². The highest BCUT2D eigenvalue weighted by Gasteiger charge is 2.37. The average Bonchev–Trinajstić information content (AvgIpc) is 2.60. The van der Waals surface area contributed by atoms with Gasteiger partial charge in [0.05, 0.1) is 12.7 Å². The lowest BCUT2D eigenvalue weighted by Gasteiger charge is -2.35. The lowest BCUT2D eigenvalue weighted by atomic mass is 10.0. The van der Waals surface area contributed by atoms with Gasteiger partial charge in [-0.05, 0) is 32.2 Å². The molecule has 3 unspecified atom stereocenters. The maximum absolute atomic E-state index is 9.60. The van der Waals surface area contributed by atoms with Crippen molar-refractivity contribution in [3.8, 4) is 0 Å². The van der Waals surface area contributed by atoms with Crippen LogP contribution in [-0.4, -0.2) is 46.5 Å². The Hall–Kier alpha value is -0.120. The van der Waals surface area contributed by atoms with Gasteiger partial charge in [-0.1, -0.05) is 6.42 Å². The molecule has 2 saturated heterocycles. The highest BCUT2D eigenvalue weighted by atomic mass is 16.3. The molecular weight excluding hydrogens is 166 g/mol. The molecule has 0 spiro atoms. The molecule has 3 nitrogen and oxygen atoms in total. The maximum Gasteiger partial charge on any atom is 0.0925 e. The van der Waals surface area contributed by atoms with Crippen LogP contribution in [0.15, 0.2) is 0 Å². The van der Waals surface area contributed by atoms with Crippen molar-refractivity contribution in [1.29, 1.82) is 0 Å². The molecule has 2 aliphatic heterocycles. The Balaban J connectivity index is 1.98. The van der Waals surface area contributed by atoms with Crippen LogP contribution in [0, 0.1) is 0 Å². The summed E-state index contributed by atoms with van der Waals surface area (Å²) in [7, 11) is 0. The summed E-state index contributed by atoms with van der Waals surface area (Å²) in [5.41, 5.74) is 0. The molecule has 13 heavy (non-hydrogen) atoms. The highest BCUT2D eigenvalue weighted by molar-refractivity contribution is 4.93. The number of hydrogen-bond donors (Lipinski definition) is 2. The predicted molar refractivity (Wildman–Crippen MR) is 50.5 cm³/mol. The van der Waals surface area contributed by atoms with Gasteiger partial charge in [-0.3, -0.25) is 4.90 Å². The summed E-state index contributed by atoms with van der Waals surface area (Å²) in [5, 5.41) is 18.5. The van der Waals surface area contributed by atoms with Gasteiger partial charge in [-0.15, -0.1) is 0 Å².